The smallest absolute Gasteiger partial charge is 0.192 e. The van der Waals surface area contributed by atoms with E-state index in [1.165, 1.54) is 11.8 Å². The summed E-state index contributed by atoms with van der Waals surface area (Å²) in [5.41, 5.74) is 7.97. The zero-order chi connectivity index (χ0) is 13.8. The molecule has 3 nitrogen and oxygen atoms in total. The Morgan fingerprint density at radius 3 is 2.58 bits per heavy atom. The molecule has 0 saturated heterocycles. The van der Waals surface area contributed by atoms with Gasteiger partial charge in [0, 0.05) is 23.3 Å². The molecule has 2 rings (SSSR count). The van der Waals surface area contributed by atoms with Crippen LogP contribution in [0.3, 0.4) is 0 Å². The van der Waals surface area contributed by atoms with Gasteiger partial charge in [0.15, 0.2) is 5.16 Å². The summed E-state index contributed by atoms with van der Waals surface area (Å²) in [6.45, 7) is 3.95. The molecule has 0 aliphatic carbocycles. The van der Waals surface area contributed by atoms with Gasteiger partial charge in [0.25, 0.3) is 0 Å². The predicted molar refractivity (Wildman–Crippen MR) is 79.7 cm³/mol. The molecule has 0 bridgehead atoms. The highest BCUT2D eigenvalue weighted by atomic mass is 35.5. The second-order valence-electron chi connectivity index (χ2n) is 4.59. The van der Waals surface area contributed by atoms with Gasteiger partial charge in [0.1, 0.15) is 0 Å². The number of aromatic nitrogens is 2. The Labute approximate surface area is 122 Å². The second-order valence-corrected chi connectivity index (χ2v) is 6.01. The van der Waals surface area contributed by atoms with Crippen molar-refractivity contribution in [2.45, 2.75) is 36.4 Å². The monoisotopic (exact) mass is 293 g/mol. The highest BCUT2D eigenvalue weighted by molar-refractivity contribution is 7.99. The maximum atomic E-state index is 6.28. The fourth-order valence-corrected chi connectivity index (χ4v) is 2.68. The third kappa shape index (κ3) is 4.20. The van der Waals surface area contributed by atoms with Crippen LogP contribution in [0.25, 0.3) is 0 Å². The molecule has 0 fully saturated rings. The Hall–Kier alpha value is -1.10. The minimum absolute atomic E-state index is 0.134. The van der Waals surface area contributed by atoms with Crippen molar-refractivity contribution >= 4 is 23.4 Å². The zero-order valence-corrected chi connectivity index (χ0v) is 12.5. The lowest BCUT2D eigenvalue weighted by Gasteiger charge is -2.08. The molecule has 2 aromatic rings. The summed E-state index contributed by atoms with van der Waals surface area (Å²) in [5, 5.41) is 1.42. The SMILES string of the molecule is Cc1cnc(Sc2ccc(CC(C)N)cc2Cl)nc1. The fourth-order valence-electron chi connectivity index (χ4n) is 1.66. The molecule has 0 radical (unpaired) electrons. The normalized spacial score (nSPS) is 12.4. The quantitative estimate of drug-likeness (QED) is 0.877. The van der Waals surface area contributed by atoms with Gasteiger partial charge in [-0.25, -0.2) is 9.97 Å². The van der Waals surface area contributed by atoms with Gasteiger partial charge in [-0.05, 0) is 55.3 Å². The Kier molecular flexibility index (Phi) is 4.80. The second kappa shape index (κ2) is 6.37. The third-order valence-corrected chi connectivity index (χ3v) is 3.91. The van der Waals surface area contributed by atoms with Gasteiger partial charge >= 0.3 is 0 Å². The van der Waals surface area contributed by atoms with Crippen molar-refractivity contribution in [3.05, 3.63) is 46.7 Å². The van der Waals surface area contributed by atoms with Crippen LogP contribution in [0.1, 0.15) is 18.1 Å². The minimum Gasteiger partial charge on any atom is -0.328 e. The van der Waals surface area contributed by atoms with Crippen LogP contribution in [0.5, 0.6) is 0 Å². The number of hydrogen-bond donors (Lipinski definition) is 1. The summed E-state index contributed by atoms with van der Waals surface area (Å²) >= 11 is 7.74. The fraction of sp³-hybridized carbons (Fsp3) is 0.286. The van der Waals surface area contributed by atoms with Crippen molar-refractivity contribution in [1.82, 2.24) is 9.97 Å². The Morgan fingerprint density at radius 2 is 2.00 bits per heavy atom. The van der Waals surface area contributed by atoms with Crippen LogP contribution in [0.15, 0.2) is 40.6 Å². The van der Waals surface area contributed by atoms with Crippen molar-refractivity contribution < 1.29 is 0 Å². The average Bonchev–Trinajstić information content (AvgIpc) is 2.34. The van der Waals surface area contributed by atoms with Crippen LogP contribution in [0.2, 0.25) is 5.02 Å². The van der Waals surface area contributed by atoms with Crippen molar-refractivity contribution in [3.8, 4) is 0 Å². The molecule has 1 unspecified atom stereocenters. The van der Waals surface area contributed by atoms with E-state index in [2.05, 4.69) is 9.97 Å². The first-order valence-corrected chi connectivity index (χ1v) is 7.24. The number of halogens is 1. The van der Waals surface area contributed by atoms with Crippen molar-refractivity contribution in [1.29, 1.82) is 0 Å². The van der Waals surface area contributed by atoms with Gasteiger partial charge in [-0.15, -0.1) is 0 Å². The molecule has 2 N–H and O–H groups in total. The molecule has 1 aromatic heterocycles. The van der Waals surface area contributed by atoms with Crippen molar-refractivity contribution in [2.75, 3.05) is 0 Å². The molecule has 0 spiro atoms. The number of benzene rings is 1. The van der Waals surface area contributed by atoms with Crippen LogP contribution >= 0.6 is 23.4 Å². The summed E-state index contributed by atoms with van der Waals surface area (Å²) in [5.74, 6) is 0. The van der Waals surface area contributed by atoms with E-state index in [-0.39, 0.29) is 6.04 Å². The van der Waals surface area contributed by atoms with Crippen LogP contribution < -0.4 is 5.73 Å². The molecule has 5 heteroatoms. The van der Waals surface area contributed by atoms with E-state index >= 15 is 0 Å². The van der Waals surface area contributed by atoms with E-state index in [0.717, 1.165) is 22.4 Å². The van der Waals surface area contributed by atoms with Gasteiger partial charge in [-0.2, -0.15) is 0 Å². The predicted octanol–water partition coefficient (Wildman–Crippen LogP) is 3.48. The molecule has 0 amide bonds. The molecule has 1 atom stereocenters. The van der Waals surface area contributed by atoms with Gasteiger partial charge in [0.2, 0.25) is 0 Å². The molecule has 100 valence electrons. The maximum Gasteiger partial charge on any atom is 0.192 e. The van der Waals surface area contributed by atoms with Crippen molar-refractivity contribution in [3.63, 3.8) is 0 Å². The summed E-state index contributed by atoms with van der Waals surface area (Å²) < 4.78 is 0. The molecule has 19 heavy (non-hydrogen) atoms. The summed E-state index contributed by atoms with van der Waals surface area (Å²) in [4.78, 5) is 9.47. The third-order valence-electron chi connectivity index (χ3n) is 2.51. The highest BCUT2D eigenvalue weighted by Crippen LogP contribution is 2.31. The Balaban J connectivity index is 2.15. The lowest BCUT2D eigenvalue weighted by atomic mass is 10.1. The van der Waals surface area contributed by atoms with E-state index in [9.17, 15) is 0 Å². The van der Waals surface area contributed by atoms with Crippen LogP contribution in [0.4, 0.5) is 0 Å². The molecular weight excluding hydrogens is 278 g/mol. The summed E-state index contributed by atoms with van der Waals surface area (Å²) in [7, 11) is 0. The summed E-state index contributed by atoms with van der Waals surface area (Å²) in [6, 6.07) is 6.14. The molecule has 0 aliphatic rings. The van der Waals surface area contributed by atoms with Gasteiger partial charge in [-0.3, -0.25) is 0 Å². The van der Waals surface area contributed by atoms with Gasteiger partial charge in [0.05, 0.1) is 5.02 Å². The van der Waals surface area contributed by atoms with E-state index < -0.39 is 0 Å². The van der Waals surface area contributed by atoms with E-state index in [0.29, 0.717) is 10.2 Å². The zero-order valence-electron chi connectivity index (χ0n) is 10.9. The first-order chi connectivity index (χ1) is 9.04. The number of nitrogens with zero attached hydrogens (tertiary/aromatic N) is 2. The van der Waals surface area contributed by atoms with E-state index in [1.807, 2.05) is 32.0 Å². The van der Waals surface area contributed by atoms with E-state index in [4.69, 9.17) is 17.3 Å². The first kappa shape index (κ1) is 14.3. The maximum absolute atomic E-state index is 6.28. The topological polar surface area (TPSA) is 51.8 Å². The highest BCUT2D eigenvalue weighted by Gasteiger charge is 2.07. The molecular formula is C14H16ClN3S. The largest absolute Gasteiger partial charge is 0.328 e. The van der Waals surface area contributed by atoms with Crippen LogP contribution in [0, 0.1) is 6.92 Å². The first-order valence-electron chi connectivity index (χ1n) is 6.05. The van der Waals surface area contributed by atoms with Gasteiger partial charge < -0.3 is 5.73 Å². The number of nitrogens with two attached hydrogens (primary N) is 1. The number of rotatable bonds is 4. The Morgan fingerprint density at radius 1 is 1.32 bits per heavy atom. The summed E-state index contributed by atoms with van der Waals surface area (Å²) in [6.07, 6.45) is 4.42. The molecule has 0 aliphatic heterocycles. The molecule has 0 saturated carbocycles. The van der Waals surface area contributed by atoms with Crippen molar-refractivity contribution in [2.24, 2.45) is 5.73 Å². The van der Waals surface area contributed by atoms with Crippen LogP contribution in [-0.4, -0.2) is 16.0 Å². The number of hydrogen-bond acceptors (Lipinski definition) is 4. The lowest BCUT2D eigenvalue weighted by molar-refractivity contribution is 0.737. The lowest BCUT2D eigenvalue weighted by Crippen LogP contribution is -2.17. The molecule has 1 heterocycles. The molecule has 1 aromatic carbocycles. The van der Waals surface area contributed by atoms with Gasteiger partial charge in [-0.1, -0.05) is 17.7 Å². The van der Waals surface area contributed by atoms with Crippen LogP contribution in [-0.2, 0) is 6.42 Å². The average molecular weight is 294 g/mol. The van der Waals surface area contributed by atoms with E-state index in [1.54, 1.807) is 12.4 Å². The Bertz CT molecular complexity index is 555. The number of aryl methyl sites for hydroxylation is 1. The minimum atomic E-state index is 0.134. The standard InChI is InChI=1S/C14H16ClN3S/c1-9-7-17-14(18-8-9)19-13-4-3-11(5-10(2)16)6-12(13)15/h3-4,6-8,10H,5,16H2,1-2H3.